The highest BCUT2D eigenvalue weighted by Gasteiger charge is 2.16. The molecule has 0 aliphatic rings. The molecule has 0 bridgehead atoms. The Labute approximate surface area is 323 Å². The molecule has 0 spiro atoms. The number of aliphatic hydroxyl groups is 1. The average molecular weight is 740 g/mol. The van der Waals surface area contributed by atoms with Gasteiger partial charge in [-0.05, 0) is 90.6 Å². The van der Waals surface area contributed by atoms with E-state index in [0.717, 1.165) is 96.9 Å². The van der Waals surface area contributed by atoms with Gasteiger partial charge in [0.2, 0.25) is 0 Å². The molecule has 0 aromatic carbocycles. The lowest BCUT2D eigenvalue weighted by Crippen LogP contribution is -2.28. The summed E-state index contributed by atoms with van der Waals surface area (Å²) in [5.74, 6) is -0.357. The van der Waals surface area contributed by atoms with Crippen LogP contribution in [0.25, 0.3) is 0 Å². The molecule has 7 heteroatoms. The largest absolute Gasteiger partial charge is 0.465 e. The van der Waals surface area contributed by atoms with E-state index in [2.05, 4.69) is 25.7 Å². The molecule has 0 radical (unpaired) electrons. The van der Waals surface area contributed by atoms with Crippen LogP contribution in [0.5, 0.6) is 0 Å². The van der Waals surface area contributed by atoms with Crippen molar-refractivity contribution in [3.05, 3.63) is 0 Å². The third-order valence-corrected chi connectivity index (χ3v) is 10.3. The first-order valence-corrected chi connectivity index (χ1v) is 22.7. The normalized spacial score (nSPS) is 12.2. The maximum Gasteiger partial charge on any atom is 0.310 e. The molecule has 0 saturated heterocycles. The van der Waals surface area contributed by atoms with E-state index in [4.69, 9.17) is 14.2 Å². The van der Waals surface area contributed by atoms with Crippen LogP contribution in [0.3, 0.4) is 0 Å². The lowest BCUT2D eigenvalue weighted by atomic mass is 10.0. The van der Waals surface area contributed by atoms with E-state index < -0.39 is 0 Å². The summed E-state index contributed by atoms with van der Waals surface area (Å²) in [6, 6.07) is 0. The summed E-state index contributed by atoms with van der Waals surface area (Å²) in [5, 5.41) is 9.38. The smallest absolute Gasteiger partial charge is 0.310 e. The van der Waals surface area contributed by atoms with E-state index >= 15 is 0 Å². The number of rotatable bonds is 42. The van der Waals surface area contributed by atoms with Crippen LogP contribution < -0.4 is 0 Å². The maximum absolute atomic E-state index is 12.7. The molecule has 0 rings (SSSR count). The van der Waals surface area contributed by atoms with Crippen LogP contribution in [0.15, 0.2) is 0 Å². The van der Waals surface area contributed by atoms with Crippen LogP contribution in [0.2, 0.25) is 0 Å². The van der Waals surface area contributed by atoms with Crippen molar-refractivity contribution in [1.82, 2.24) is 4.90 Å². The number of esters is 2. The molecule has 0 aromatic heterocycles. The number of unbranched alkanes of at least 4 members (excludes halogenated alkanes) is 21. The number of nitrogens with zero attached hydrogens (tertiary/aromatic N) is 1. The number of carbonyl (C=O) groups excluding carboxylic acids is 2. The zero-order valence-corrected chi connectivity index (χ0v) is 35.3. The van der Waals surface area contributed by atoms with Gasteiger partial charge in [0.15, 0.2) is 0 Å². The molecular weight excluding hydrogens is 650 g/mol. The number of hydrogen-bond donors (Lipinski definition) is 1. The first-order chi connectivity index (χ1) is 25.5. The number of ether oxygens (including phenoxy) is 3. The van der Waals surface area contributed by atoms with Gasteiger partial charge in [0.25, 0.3) is 0 Å². The summed E-state index contributed by atoms with van der Waals surface area (Å²) >= 11 is 0. The molecule has 0 fully saturated rings. The van der Waals surface area contributed by atoms with E-state index in [1.165, 1.54) is 116 Å². The van der Waals surface area contributed by atoms with Crippen molar-refractivity contribution in [2.24, 2.45) is 5.92 Å². The second-order valence-corrected chi connectivity index (χ2v) is 15.6. The Bertz CT molecular complexity index is 733. The van der Waals surface area contributed by atoms with Crippen LogP contribution in [0.4, 0.5) is 0 Å². The van der Waals surface area contributed by atoms with Crippen molar-refractivity contribution in [3.63, 3.8) is 0 Å². The van der Waals surface area contributed by atoms with Gasteiger partial charge in [0.1, 0.15) is 6.10 Å². The van der Waals surface area contributed by atoms with Crippen molar-refractivity contribution < 1.29 is 28.9 Å². The van der Waals surface area contributed by atoms with E-state index in [9.17, 15) is 14.7 Å². The van der Waals surface area contributed by atoms with Gasteiger partial charge in [-0.3, -0.25) is 9.59 Å². The lowest BCUT2D eigenvalue weighted by Gasteiger charge is -2.22. The molecule has 1 unspecified atom stereocenters. The third-order valence-electron chi connectivity index (χ3n) is 10.3. The van der Waals surface area contributed by atoms with Gasteiger partial charge in [0.05, 0.1) is 19.1 Å². The summed E-state index contributed by atoms with van der Waals surface area (Å²) in [5.41, 5.74) is 0. The molecule has 310 valence electrons. The Morgan fingerprint density at radius 3 is 1.54 bits per heavy atom. The zero-order valence-electron chi connectivity index (χ0n) is 35.3. The van der Waals surface area contributed by atoms with Crippen LogP contribution in [-0.4, -0.2) is 74.1 Å². The Morgan fingerprint density at radius 1 is 0.538 bits per heavy atom. The predicted molar refractivity (Wildman–Crippen MR) is 220 cm³/mol. The number of hydrogen-bond acceptors (Lipinski definition) is 7. The minimum atomic E-state index is -0.213. The second kappa shape index (κ2) is 41.0. The molecule has 7 nitrogen and oxygen atoms in total. The van der Waals surface area contributed by atoms with Gasteiger partial charge in [-0.15, -0.1) is 0 Å². The average Bonchev–Trinajstić information content (AvgIpc) is 3.14. The Hall–Kier alpha value is -1.18. The van der Waals surface area contributed by atoms with Crippen molar-refractivity contribution in [1.29, 1.82) is 0 Å². The first-order valence-electron chi connectivity index (χ1n) is 22.7. The highest BCUT2D eigenvalue weighted by molar-refractivity contribution is 5.72. The minimum absolute atomic E-state index is 0.00856. The highest BCUT2D eigenvalue weighted by Crippen LogP contribution is 2.18. The Balaban J connectivity index is 4.10. The topological polar surface area (TPSA) is 85.3 Å². The third kappa shape index (κ3) is 35.8. The summed E-state index contributed by atoms with van der Waals surface area (Å²) < 4.78 is 17.2. The van der Waals surface area contributed by atoms with E-state index in [-0.39, 0.29) is 30.6 Å². The van der Waals surface area contributed by atoms with Gasteiger partial charge < -0.3 is 24.2 Å². The van der Waals surface area contributed by atoms with Gasteiger partial charge in [-0.1, -0.05) is 136 Å². The summed E-state index contributed by atoms with van der Waals surface area (Å²) in [4.78, 5) is 27.5. The van der Waals surface area contributed by atoms with Crippen LogP contribution in [-0.2, 0) is 23.8 Å². The maximum atomic E-state index is 12.7. The fourth-order valence-corrected chi connectivity index (χ4v) is 6.82. The molecule has 0 aliphatic carbocycles. The van der Waals surface area contributed by atoms with Crippen LogP contribution >= 0.6 is 0 Å². The summed E-state index contributed by atoms with van der Waals surface area (Å²) in [6.45, 7) is 13.5. The predicted octanol–water partition coefficient (Wildman–Crippen LogP) is 12.2. The first kappa shape index (κ1) is 50.8. The molecule has 0 saturated carbocycles. The van der Waals surface area contributed by atoms with Crippen molar-refractivity contribution in [3.8, 4) is 0 Å². The highest BCUT2D eigenvalue weighted by atomic mass is 16.5. The Morgan fingerprint density at radius 2 is 0.981 bits per heavy atom. The molecule has 1 N–H and O–H groups in total. The van der Waals surface area contributed by atoms with E-state index in [1.807, 2.05) is 6.92 Å². The van der Waals surface area contributed by atoms with Gasteiger partial charge in [0, 0.05) is 26.2 Å². The molecular formula is C45H89NO6. The molecule has 0 aromatic rings. The van der Waals surface area contributed by atoms with Crippen molar-refractivity contribution in [2.75, 3.05) is 46.1 Å². The fourth-order valence-electron chi connectivity index (χ4n) is 6.82. The molecule has 52 heavy (non-hydrogen) atoms. The monoisotopic (exact) mass is 740 g/mol. The second-order valence-electron chi connectivity index (χ2n) is 15.6. The summed E-state index contributed by atoms with van der Waals surface area (Å²) in [7, 11) is 0. The molecule has 1 atom stereocenters. The SMILES string of the molecule is CCCCCCCCOCC(C)C(=O)OCCCCCN(CCCO)CCCCCCCC(=O)OC(CCCCCCCC)CCCCCCCC. The van der Waals surface area contributed by atoms with Gasteiger partial charge >= 0.3 is 11.9 Å². The van der Waals surface area contributed by atoms with E-state index in [1.54, 1.807) is 0 Å². The number of carbonyl (C=O) groups is 2. The molecule has 0 heterocycles. The molecule has 0 amide bonds. The zero-order chi connectivity index (χ0) is 38.2. The van der Waals surface area contributed by atoms with Gasteiger partial charge in [-0.25, -0.2) is 0 Å². The van der Waals surface area contributed by atoms with Crippen molar-refractivity contribution >= 4 is 11.9 Å². The van der Waals surface area contributed by atoms with Crippen molar-refractivity contribution in [2.45, 2.75) is 226 Å². The van der Waals surface area contributed by atoms with Crippen LogP contribution in [0, 0.1) is 5.92 Å². The molecule has 0 aliphatic heterocycles. The summed E-state index contributed by atoms with van der Waals surface area (Å²) in [6.07, 6.45) is 34.7. The number of aliphatic hydroxyl groups excluding tert-OH is 1. The lowest BCUT2D eigenvalue weighted by molar-refractivity contribution is -0.151. The van der Waals surface area contributed by atoms with Gasteiger partial charge in [-0.2, -0.15) is 0 Å². The van der Waals surface area contributed by atoms with Crippen LogP contribution in [0.1, 0.15) is 220 Å². The standard InChI is InChI=1S/C45H89NO6/c1-5-8-11-14-18-24-32-43(33-25-19-15-12-9-6-2)52-44(48)34-26-20-17-21-27-35-46(37-31-38-47)36-28-23-30-40-51-45(49)42(4)41-50-39-29-22-16-13-10-7-3/h42-43,47H,5-41H2,1-4H3. The fraction of sp³-hybridized carbons (Fsp3) is 0.956. The Kier molecular flexibility index (Phi) is 40.1. The van der Waals surface area contributed by atoms with E-state index in [0.29, 0.717) is 19.6 Å². The quantitative estimate of drug-likeness (QED) is 0.0493. The minimum Gasteiger partial charge on any atom is -0.465 e.